The number of aromatic nitrogens is 1. The van der Waals surface area contributed by atoms with Crippen molar-refractivity contribution in [2.75, 3.05) is 0 Å². The first-order valence-corrected chi connectivity index (χ1v) is 6.75. The number of carbonyl (C=O) groups is 1. The number of hydrogen-bond donors (Lipinski definition) is 1. The highest BCUT2D eigenvalue weighted by Crippen LogP contribution is 2.35. The fraction of sp³-hybridized carbons (Fsp3) is 0. The monoisotopic (exact) mass is 315 g/mol. The number of rotatable bonds is 3. The third-order valence-electron chi connectivity index (χ3n) is 1.75. The van der Waals surface area contributed by atoms with E-state index < -0.39 is 5.97 Å². The van der Waals surface area contributed by atoms with E-state index in [1.807, 2.05) is 11.4 Å². The quantitative estimate of drug-likeness (QED) is 0.937. The molecule has 2 aromatic rings. The Kier molecular flexibility index (Phi) is 3.63. The molecule has 0 atom stereocenters. The molecule has 0 amide bonds. The van der Waals surface area contributed by atoms with Gasteiger partial charge in [-0.05, 0) is 28.1 Å². The molecular weight excluding hydrogens is 310 g/mol. The van der Waals surface area contributed by atoms with Gasteiger partial charge in [-0.2, -0.15) is 0 Å². The lowest BCUT2D eigenvalue weighted by Gasteiger charge is -2.00. The van der Waals surface area contributed by atoms with Crippen molar-refractivity contribution in [2.24, 2.45) is 0 Å². The molecule has 2 aromatic heterocycles. The SMILES string of the molecule is O=C(O)c1cc(Sc2ccncc2Br)cs1. The van der Waals surface area contributed by atoms with Crippen LogP contribution < -0.4 is 0 Å². The van der Waals surface area contributed by atoms with Crippen molar-refractivity contribution >= 4 is 45.0 Å². The van der Waals surface area contributed by atoms with E-state index in [-0.39, 0.29) is 0 Å². The summed E-state index contributed by atoms with van der Waals surface area (Å²) in [6.45, 7) is 0. The molecule has 0 aliphatic heterocycles. The second kappa shape index (κ2) is 4.99. The summed E-state index contributed by atoms with van der Waals surface area (Å²) in [6.07, 6.45) is 3.42. The lowest BCUT2D eigenvalue weighted by molar-refractivity contribution is 0.0702. The normalized spacial score (nSPS) is 10.3. The van der Waals surface area contributed by atoms with E-state index in [1.54, 1.807) is 18.5 Å². The second-order valence-corrected chi connectivity index (χ2v) is 5.74. The molecule has 0 bridgehead atoms. The number of aromatic carboxylic acids is 1. The molecule has 2 heterocycles. The lowest BCUT2D eigenvalue weighted by Crippen LogP contribution is -1.89. The van der Waals surface area contributed by atoms with E-state index in [2.05, 4.69) is 20.9 Å². The van der Waals surface area contributed by atoms with Crippen LogP contribution in [0.3, 0.4) is 0 Å². The second-order valence-electron chi connectivity index (χ2n) is 2.86. The molecule has 0 aliphatic carbocycles. The van der Waals surface area contributed by atoms with Gasteiger partial charge in [-0.3, -0.25) is 4.98 Å². The van der Waals surface area contributed by atoms with Gasteiger partial charge in [0.25, 0.3) is 0 Å². The number of carboxylic acids is 1. The van der Waals surface area contributed by atoms with Crippen molar-refractivity contribution in [1.29, 1.82) is 0 Å². The summed E-state index contributed by atoms with van der Waals surface area (Å²) in [7, 11) is 0. The molecule has 0 aromatic carbocycles. The van der Waals surface area contributed by atoms with Gasteiger partial charge in [-0.15, -0.1) is 11.3 Å². The minimum atomic E-state index is -0.884. The number of halogens is 1. The Morgan fingerprint density at radius 3 is 3.00 bits per heavy atom. The average Bonchev–Trinajstić information content (AvgIpc) is 2.70. The van der Waals surface area contributed by atoms with Gasteiger partial charge in [-0.25, -0.2) is 4.79 Å². The van der Waals surface area contributed by atoms with Crippen LogP contribution >= 0.6 is 39.0 Å². The van der Waals surface area contributed by atoms with Crippen molar-refractivity contribution in [3.63, 3.8) is 0 Å². The number of carboxylic acid groups (broad SMARTS) is 1. The highest BCUT2D eigenvalue weighted by molar-refractivity contribution is 9.10. The maximum absolute atomic E-state index is 10.7. The Morgan fingerprint density at radius 1 is 1.56 bits per heavy atom. The fourth-order valence-electron chi connectivity index (χ4n) is 1.06. The molecule has 0 aliphatic rings. The Morgan fingerprint density at radius 2 is 2.38 bits per heavy atom. The molecule has 0 radical (unpaired) electrons. The van der Waals surface area contributed by atoms with Gasteiger partial charge in [0.1, 0.15) is 4.88 Å². The maximum atomic E-state index is 10.7. The third-order valence-corrected chi connectivity index (χ3v) is 4.76. The zero-order valence-electron chi connectivity index (χ0n) is 7.88. The van der Waals surface area contributed by atoms with Crippen molar-refractivity contribution in [3.8, 4) is 0 Å². The largest absolute Gasteiger partial charge is 0.477 e. The molecule has 0 saturated heterocycles. The first-order chi connectivity index (χ1) is 7.66. The van der Waals surface area contributed by atoms with E-state index in [4.69, 9.17) is 5.11 Å². The van der Waals surface area contributed by atoms with E-state index in [9.17, 15) is 4.79 Å². The molecule has 16 heavy (non-hydrogen) atoms. The molecule has 0 spiro atoms. The van der Waals surface area contributed by atoms with Crippen LogP contribution in [0.5, 0.6) is 0 Å². The van der Waals surface area contributed by atoms with Crippen LogP contribution in [0.4, 0.5) is 0 Å². The van der Waals surface area contributed by atoms with Crippen molar-refractivity contribution < 1.29 is 9.90 Å². The zero-order chi connectivity index (χ0) is 11.5. The van der Waals surface area contributed by atoms with Crippen LogP contribution in [0.15, 0.2) is 44.2 Å². The van der Waals surface area contributed by atoms with Gasteiger partial charge < -0.3 is 5.11 Å². The van der Waals surface area contributed by atoms with Gasteiger partial charge in [0, 0.05) is 32.0 Å². The van der Waals surface area contributed by atoms with Crippen LogP contribution in [-0.2, 0) is 0 Å². The molecule has 0 saturated carbocycles. The van der Waals surface area contributed by atoms with Crippen LogP contribution in [-0.4, -0.2) is 16.1 Å². The number of hydrogen-bond acceptors (Lipinski definition) is 4. The molecule has 0 unspecified atom stereocenters. The van der Waals surface area contributed by atoms with Gasteiger partial charge in [0.15, 0.2) is 0 Å². The van der Waals surface area contributed by atoms with E-state index in [1.165, 1.54) is 23.1 Å². The molecule has 0 fully saturated rings. The van der Waals surface area contributed by atoms with Gasteiger partial charge in [-0.1, -0.05) is 11.8 Å². The van der Waals surface area contributed by atoms with Gasteiger partial charge in [0.2, 0.25) is 0 Å². The van der Waals surface area contributed by atoms with Gasteiger partial charge >= 0.3 is 5.97 Å². The standard InChI is InChI=1S/C10H6BrNO2S2/c11-7-4-12-2-1-8(7)16-6-3-9(10(13)14)15-5-6/h1-5H,(H,13,14). The first kappa shape index (κ1) is 11.6. The summed E-state index contributed by atoms with van der Waals surface area (Å²) in [5.74, 6) is -0.884. The predicted octanol–water partition coefficient (Wildman–Crippen LogP) is 3.76. The minimum Gasteiger partial charge on any atom is -0.477 e. The summed E-state index contributed by atoms with van der Waals surface area (Å²) in [6, 6.07) is 3.55. The average molecular weight is 316 g/mol. The highest BCUT2D eigenvalue weighted by Gasteiger charge is 2.08. The van der Waals surface area contributed by atoms with Gasteiger partial charge in [0.05, 0.1) is 0 Å². The highest BCUT2D eigenvalue weighted by atomic mass is 79.9. The summed E-state index contributed by atoms with van der Waals surface area (Å²) in [4.78, 5) is 17.0. The van der Waals surface area contributed by atoms with E-state index in [0.29, 0.717) is 4.88 Å². The lowest BCUT2D eigenvalue weighted by atomic mass is 10.5. The van der Waals surface area contributed by atoms with Crippen LogP contribution in [0.1, 0.15) is 9.67 Å². The Balaban J connectivity index is 2.21. The predicted molar refractivity (Wildman–Crippen MR) is 67.3 cm³/mol. The van der Waals surface area contributed by atoms with E-state index >= 15 is 0 Å². The summed E-state index contributed by atoms with van der Waals surface area (Å²) in [5, 5.41) is 10.6. The van der Waals surface area contributed by atoms with E-state index in [0.717, 1.165) is 14.3 Å². The number of nitrogens with zero attached hydrogens (tertiary/aromatic N) is 1. The number of thiophene rings is 1. The summed E-state index contributed by atoms with van der Waals surface area (Å²) >= 11 is 6.14. The van der Waals surface area contributed by atoms with Crippen LogP contribution in [0.25, 0.3) is 0 Å². The number of pyridine rings is 1. The van der Waals surface area contributed by atoms with Crippen molar-refractivity contribution in [2.45, 2.75) is 9.79 Å². The maximum Gasteiger partial charge on any atom is 0.345 e. The smallest absolute Gasteiger partial charge is 0.345 e. The zero-order valence-corrected chi connectivity index (χ0v) is 11.1. The molecule has 6 heteroatoms. The molecule has 3 nitrogen and oxygen atoms in total. The molecule has 82 valence electrons. The van der Waals surface area contributed by atoms with Crippen LogP contribution in [0.2, 0.25) is 0 Å². The molecular formula is C10H6BrNO2S2. The van der Waals surface area contributed by atoms with Crippen molar-refractivity contribution in [1.82, 2.24) is 4.98 Å². The summed E-state index contributed by atoms with van der Waals surface area (Å²) in [5.41, 5.74) is 0. The first-order valence-electron chi connectivity index (χ1n) is 4.26. The summed E-state index contributed by atoms with van der Waals surface area (Å²) < 4.78 is 0.906. The fourth-order valence-corrected chi connectivity index (χ4v) is 3.28. The van der Waals surface area contributed by atoms with Crippen LogP contribution in [0, 0.1) is 0 Å². The minimum absolute atomic E-state index is 0.354. The third kappa shape index (κ3) is 2.63. The Labute approximate surface area is 109 Å². The Hall–Kier alpha value is -0.850. The Bertz CT molecular complexity index is 527. The molecule has 1 N–H and O–H groups in total. The topological polar surface area (TPSA) is 50.2 Å². The van der Waals surface area contributed by atoms with Crippen molar-refractivity contribution in [3.05, 3.63) is 39.3 Å². The molecule has 2 rings (SSSR count).